The SMILES string of the molecule is COCC1CCCN(C(=N)C2CCCCC2)C1. The molecule has 0 aromatic heterocycles. The summed E-state index contributed by atoms with van der Waals surface area (Å²) >= 11 is 0. The topological polar surface area (TPSA) is 36.3 Å². The highest BCUT2D eigenvalue weighted by Gasteiger charge is 2.26. The second kappa shape index (κ2) is 6.39. The lowest BCUT2D eigenvalue weighted by molar-refractivity contribution is 0.113. The predicted octanol–water partition coefficient (Wildman–Crippen LogP) is 2.90. The van der Waals surface area contributed by atoms with Crippen molar-refractivity contribution in [1.82, 2.24) is 4.90 Å². The van der Waals surface area contributed by atoms with Crippen molar-refractivity contribution in [3.05, 3.63) is 0 Å². The monoisotopic (exact) mass is 238 g/mol. The zero-order valence-corrected chi connectivity index (χ0v) is 11.1. The highest BCUT2D eigenvalue weighted by Crippen LogP contribution is 2.27. The van der Waals surface area contributed by atoms with Gasteiger partial charge in [0.2, 0.25) is 0 Å². The van der Waals surface area contributed by atoms with E-state index in [1.165, 1.54) is 44.9 Å². The molecule has 2 rings (SSSR count). The molecule has 98 valence electrons. The Morgan fingerprint density at radius 1 is 1.18 bits per heavy atom. The molecule has 1 aliphatic heterocycles. The fraction of sp³-hybridized carbons (Fsp3) is 0.929. The molecule has 3 nitrogen and oxygen atoms in total. The number of nitrogens with zero attached hydrogens (tertiary/aromatic N) is 1. The highest BCUT2D eigenvalue weighted by molar-refractivity contribution is 5.81. The van der Waals surface area contributed by atoms with Crippen molar-refractivity contribution < 1.29 is 4.74 Å². The molecule has 1 saturated carbocycles. The number of hydrogen-bond acceptors (Lipinski definition) is 2. The molecular weight excluding hydrogens is 212 g/mol. The number of piperidine rings is 1. The summed E-state index contributed by atoms with van der Waals surface area (Å²) in [4.78, 5) is 2.32. The van der Waals surface area contributed by atoms with Gasteiger partial charge in [0, 0.05) is 26.1 Å². The summed E-state index contributed by atoms with van der Waals surface area (Å²) in [6.07, 6.45) is 8.99. The second-order valence-corrected chi connectivity index (χ2v) is 5.63. The summed E-state index contributed by atoms with van der Waals surface area (Å²) < 4.78 is 5.26. The smallest absolute Gasteiger partial charge is 0.0989 e. The van der Waals surface area contributed by atoms with Crippen LogP contribution in [0.2, 0.25) is 0 Å². The van der Waals surface area contributed by atoms with E-state index >= 15 is 0 Å². The molecule has 17 heavy (non-hydrogen) atoms. The van der Waals surface area contributed by atoms with E-state index in [9.17, 15) is 0 Å². The molecule has 1 unspecified atom stereocenters. The van der Waals surface area contributed by atoms with E-state index in [1.807, 2.05) is 0 Å². The minimum atomic E-state index is 0.546. The van der Waals surface area contributed by atoms with Gasteiger partial charge in [-0.15, -0.1) is 0 Å². The molecule has 1 heterocycles. The number of amidine groups is 1. The lowest BCUT2D eigenvalue weighted by Gasteiger charge is -2.37. The van der Waals surface area contributed by atoms with E-state index in [1.54, 1.807) is 7.11 Å². The van der Waals surface area contributed by atoms with E-state index in [4.69, 9.17) is 10.1 Å². The number of ether oxygens (including phenoxy) is 1. The molecule has 1 N–H and O–H groups in total. The predicted molar refractivity (Wildman–Crippen MR) is 70.5 cm³/mol. The fourth-order valence-electron chi connectivity index (χ4n) is 3.29. The van der Waals surface area contributed by atoms with Crippen molar-refractivity contribution in [2.45, 2.75) is 44.9 Å². The zero-order valence-electron chi connectivity index (χ0n) is 11.1. The summed E-state index contributed by atoms with van der Waals surface area (Å²) in [5.74, 6) is 2.10. The lowest BCUT2D eigenvalue weighted by Crippen LogP contribution is -2.44. The Kier molecular flexibility index (Phi) is 4.84. The molecule has 2 fully saturated rings. The van der Waals surface area contributed by atoms with Crippen LogP contribution < -0.4 is 0 Å². The third-order valence-corrected chi connectivity index (χ3v) is 4.25. The van der Waals surface area contributed by atoms with Crippen molar-refractivity contribution in [2.24, 2.45) is 11.8 Å². The molecule has 1 atom stereocenters. The van der Waals surface area contributed by atoms with Gasteiger partial charge in [-0.1, -0.05) is 19.3 Å². The molecule has 0 aromatic carbocycles. The van der Waals surface area contributed by atoms with Crippen molar-refractivity contribution in [2.75, 3.05) is 26.8 Å². The number of nitrogens with one attached hydrogen (secondary N) is 1. The number of hydrogen-bond donors (Lipinski definition) is 1. The van der Waals surface area contributed by atoms with Gasteiger partial charge in [-0.05, 0) is 31.6 Å². The maximum absolute atomic E-state index is 8.38. The maximum atomic E-state index is 8.38. The second-order valence-electron chi connectivity index (χ2n) is 5.63. The van der Waals surface area contributed by atoms with Gasteiger partial charge >= 0.3 is 0 Å². The number of likely N-dealkylation sites (tertiary alicyclic amines) is 1. The van der Waals surface area contributed by atoms with Gasteiger partial charge in [0.05, 0.1) is 12.4 Å². The summed E-state index contributed by atoms with van der Waals surface area (Å²) in [6.45, 7) is 2.99. The third-order valence-electron chi connectivity index (χ3n) is 4.25. The number of methoxy groups -OCH3 is 1. The van der Waals surface area contributed by atoms with Crippen LogP contribution in [0.3, 0.4) is 0 Å². The molecule has 0 amide bonds. The summed E-state index contributed by atoms with van der Waals surface area (Å²) in [5, 5.41) is 8.38. The fourth-order valence-corrected chi connectivity index (χ4v) is 3.29. The van der Waals surface area contributed by atoms with Crippen LogP contribution in [0.5, 0.6) is 0 Å². The van der Waals surface area contributed by atoms with Crippen molar-refractivity contribution >= 4 is 5.84 Å². The van der Waals surface area contributed by atoms with E-state index in [-0.39, 0.29) is 0 Å². The molecule has 0 spiro atoms. The van der Waals surface area contributed by atoms with Gasteiger partial charge in [-0.2, -0.15) is 0 Å². The maximum Gasteiger partial charge on any atom is 0.0989 e. The van der Waals surface area contributed by atoms with Crippen LogP contribution in [-0.2, 0) is 4.74 Å². The van der Waals surface area contributed by atoms with E-state index in [2.05, 4.69) is 4.90 Å². The first-order valence-electron chi connectivity index (χ1n) is 7.13. The molecule has 1 aliphatic carbocycles. The van der Waals surface area contributed by atoms with Crippen LogP contribution in [0.15, 0.2) is 0 Å². The van der Waals surface area contributed by atoms with Crippen LogP contribution in [0.25, 0.3) is 0 Å². The quantitative estimate of drug-likeness (QED) is 0.606. The largest absolute Gasteiger partial charge is 0.384 e. The van der Waals surface area contributed by atoms with Crippen molar-refractivity contribution in [1.29, 1.82) is 5.41 Å². The van der Waals surface area contributed by atoms with Crippen LogP contribution in [0, 0.1) is 17.2 Å². The Morgan fingerprint density at radius 2 is 1.94 bits per heavy atom. The standard InChI is InChI=1S/C14H26N2O/c1-17-11-12-6-5-9-16(10-12)14(15)13-7-3-2-4-8-13/h12-13,15H,2-11H2,1H3. The van der Waals surface area contributed by atoms with Crippen molar-refractivity contribution in [3.63, 3.8) is 0 Å². The van der Waals surface area contributed by atoms with Gasteiger partial charge in [0.15, 0.2) is 0 Å². The summed E-state index contributed by atoms with van der Waals surface area (Å²) in [7, 11) is 1.78. The Bertz CT molecular complexity index is 247. The summed E-state index contributed by atoms with van der Waals surface area (Å²) in [5.41, 5.74) is 0. The van der Waals surface area contributed by atoms with Crippen LogP contribution in [0.4, 0.5) is 0 Å². The minimum Gasteiger partial charge on any atom is -0.384 e. The molecule has 0 aromatic rings. The van der Waals surface area contributed by atoms with E-state index < -0.39 is 0 Å². The first kappa shape index (κ1) is 12.9. The first-order valence-corrected chi connectivity index (χ1v) is 7.13. The molecule has 0 radical (unpaired) electrons. The van der Waals surface area contributed by atoms with E-state index in [0.717, 1.165) is 25.5 Å². The number of rotatable bonds is 3. The minimum absolute atomic E-state index is 0.546. The van der Waals surface area contributed by atoms with Gasteiger partial charge in [0.1, 0.15) is 0 Å². The average Bonchev–Trinajstić information content (AvgIpc) is 2.40. The Labute approximate surface area is 105 Å². The first-order chi connectivity index (χ1) is 8.31. The lowest BCUT2D eigenvalue weighted by atomic mass is 9.87. The molecule has 0 bridgehead atoms. The van der Waals surface area contributed by atoms with Crippen LogP contribution >= 0.6 is 0 Å². The molecule has 3 heteroatoms. The van der Waals surface area contributed by atoms with Crippen LogP contribution in [-0.4, -0.2) is 37.5 Å². The Balaban J connectivity index is 1.85. The molecule has 2 aliphatic rings. The third kappa shape index (κ3) is 3.44. The van der Waals surface area contributed by atoms with Gasteiger partial charge in [-0.3, -0.25) is 5.41 Å². The molecular formula is C14H26N2O. The van der Waals surface area contributed by atoms with Gasteiger partial charge < -0.3 is 9.64 Å². The average molecular weight is 238 g/mol. The van der Waals surface area contributed by atoms with Gasteiger partial charge in [0.25, 0.3) is 0 Å². The van der Waals surface area contributed by atoms with Gasteiger partial charge in [-0.25, -0.2) is 0 Å². The normalized spacial score (nSPS) is 27.1. The highest BCUT2D eigenvalue weighted by atomic mass is 16.5. The molecule has 1 saturated heterocycles. The zero-order chi connectivity index (χ0) is 12.1. The van der Waals surface area contributed by atoms with E-state index in [0.29, 0.717) is 11.8 Å². The Morgan fingerprint density at radius 3 is 2.65 bits per heavy atom. The van der Waals surface area contributed by atoms with Crippen LogP contribution in [0.1, 0.15) is 44.9 Å². The Hall–Kier alpha value is -0.570. The van der Waals surface area contributed by atoms with Crippen molar-refractivity contribution in [3.8, 4) is 0 Å². The summed E-state index contributed by atoms with van der Waals surface area (Å²) in [6, 6.07) is 0.